The standard InChI is InChI=1S/C13H22N4OS/c1-9(2)8-18-7-5-6-17-12-11(14-13(17)19)10(3)15-16(12)4/h9H,5-8H2,1-4H3,(H,14,19). The zero-order valence-electron chi connectivity index (χ0n) is 12.1. The molecule has 0 atom stereocenters. The van der Waals surface area contributed by atoms with Crippen molar-refractivity contribution in [3.05, 3.63) is 10.5 Å². The van der Waals surface area contributed by atoms with E-state index in [1.54, 1.807) is 0 Å². The van der Waals surface area contributed by atoms with E-state index < -0.39 is 0 Å². The van der Waals surface area contributed by atoms with E-state index in [0.717, 1.165) is 47.8 Å². The zero-order chi connectivity index (χ0) is 14.0. The molecule has 6 heteroatoms. The predicted octanol–water partition coefficient (Wildman–Crippen LogP) is 2.80. The molecule has 1 N–H and O–H groups in total. The number of rotatable bonds is 6. The van der Waals surface area contributed by atoms with E-state index in [4.69, 9.17) is 17.0 Å². The highest BCUT2D eigenvalue weighted by Crippen LogP contribution is 2.17. The molecular formula is C13H22N4OS. The molecule has 106 valence electrons. The predicted molar refractivity (Wildman–Crippen MR) is 78.9 cm³/mol. The molecule has 2 rings (SSSR count). The van der Waals surface area contributed by atoms with Crippen molar-refractivity contribution in [2.75, 3.05) is 13.2 Å². The Morgan fingerprint density at radius 2 is 2.16 bits per heavy atom. The smallest absolute Gasteiger partial charge is 0.179 e. The third-order valence-corrected chi connectivity index (χ3v) is 3.37. The van der Waals surface area contributed by atoms with E-state index in [-0.39, 0.29) is 0 Å². The number of nitrogens with zero attached hydrogens (tertiary/aromatic N) is 3. The molecule has 0 aliphatic heterocycles. The van der Waals surface area contributed by atoms with Gasteiger partial charge < -0.3 is 14.3 Å². The van der Waals surface area contributed by atoms with E-state index >= 15 is 0 Å². The van der Waals surface area contributed by atoms with Crippen molar-refractivity contribution in [2.45, 2.75) is 33.7 Å². The molecule has 0 unspecified atom stereocenters. The Morgan fingerprint density at radius 1 is 1.42 bits per heavy atom. The lowest BCUT2D eigenvalue weighted by molar-refractivity contribution is 0.105. The number of aromatic amines is 1. The summed E-state index contributed by atoms with van der Waals surface area (Å²) in [6.45, 7) is 8.75. The molecule has 2 heterocycles. The number of hydrogen-bond donors (Lipinski definition) is 1. The highest BCUT2D eigenvalue weighted by atomic mass is 32.1. The summed E-state index contributed by atoms with van der Waals surface area (Å²) in [5.74, 6) is 0.584. The fourth-order valence-corrected chi connectivity index (χ4v) is 2.50. The summed E-state index contributed by atoms with van der Waals surface area (Å²) in [6.07, 6.45) is 0.957. The van der Waals surface area contributed by atoms with Crippen LogP contribution in [0, 0.1) is 17.6 Å². The van der Waals surface area contributed by atoms with Crippen LogP contribution in [0.15, 0.2) is 0 Å². The first kappa shape index (κ1) is 14.3. The van der Waals surface area contributed by atoms with Gasteiger partial charge in [-0.1, -0.05) is 13.8 Å². The number of ether oxygens (including phenoxy) is 1. The van der Waals surface area contributed by atoms with Crippen LogP contribution in [0.2, 0.25) is 0 Å². The molecule has 0 fully saturated rings. The Labute approximate surface area is 118 Å². The Morgan fingerprint density at radius 3 is 2.84 bits per heavy atom. The van der Waals surface area contributed by atoms with E-state index in [9.17, 15) is 0 Å². The highest BCUT2D eigenvalue weighted by molar-refractivity contribution is 7.71. The number of imidazole rings is 1. The Kier molecular flexibility index (Phi) is 4.42. The molecule has 0 amide bonds. The van der Waals surface area contributed by atoms with Crippen LogP contribution in [0.5, 0.6) is 0 Å². The van der Waals surface area contributed by atoms with Crippen molar-refractivity contribution in [1.82, 2.24) is 19.3 Å². The van der Waals surface area contributed by atoms with Crippen molar-refractivity contribution in [2.24, 2.45) is 13.0 Å². The summed E-state index contributed by atoms with van der Waals surface area (Å²) in [7, 11) is 1.95. The second-order valence-electron chi connectivity index (χ2n) is 5.31. The fraction of sp³-hybridized carbons (Fsp3) is 0.692. The first-order valence-electron chi connectivity index (χ1n) is 6.70. The van der Waals surface area contributed by atoms with Gasteiger partial charge in [0, 0.05) is 26.8 Å². The van der Waals surface area contributed by atoms with Gasteiger partial charge in [-0.2, -0.15) is 5.10 Å². The summed E-state index contributed by atoms with van der Waals surface area (Å²) in [4.78, 5) is 3.23. The summed E-state index contributed by atoms with van der Waals surface area (Å²) in [5, 5.41) is 4.41. The van der Waals surface area contributed by atoms with Gasteiger partial charge >= 0.3 is 0 Å². The Balaban J connectivity index is 2.04. The van der Waals surface area contributed by atoms with E-state index in [1.165, 1.54) is 0 Å². The molecule has 0 spiro atoms. The summed E-state index contributed by atoms with van der Waals surface area (Å²) < 4.78 is 10.3. The maximum Gasteiger partial charge on any atom is 0.179 e. The van der Waals surface area contributed by atoms with Gasteiger partial charge in [-0.15, -0.1) is 0 Å². The lowest BCUT2D eigenvalue weighted by atomic mass is 10.2. The molecule has 19 heavy (non-hydrogen) atoms. The quantitative estimate of drug-likeness (QED) is 0.654. The van der Waals surface area contributed by atoms with Gasteiger partial charge in [0.15, 0.2) is 10.4 Å². The largest absolute Gasteiger partial charge is 0.381 e. The summed E-state index contributed by atoms with van der Waals surface area (Å²) in [5.41, 5.74) is 3.08. The molecule has 0 aromatic carbocycles. The number of H-pyrrole nitrogens is 1. The lowest BCUT2D eigenvalue weighted by Crippen LogP contribution is -2.08. The minimum absolute atomic E-state index is 0.584. The Hall–Kier alpha value is -1.14. The lowest BCUT2D eigenvalue weighted by Gasteiger charge is -2.08. The van der Waals surface area contributed by atoms with E-state index in [2.05, 4.69) is 28.5 Å². The van der Waals surface area contributed by atoms with E-state index in [1.807, 2.05) is 18.7 Å². The van der Waals surface area contributed by atoms with Crippen molar-refractivity contribution in [3.63, 3.8) is 0 Å². The van der Waals surface area contributed by atoms with Crippen LogP contribution in [-0.4, -0.2) is 32.5 Å². The number of aryl methyl sites for hydroxylation is 3. The van der Waals surface area contributed by atoms with E-state index in [0.29, 0.717) is 5.92 Å². The van der Waals surface area contributed by atoms with Crippen LogP contribution < -0.4 is 0 Å². The highest BCUT2D eigenvalue weighted by Gasteiger charge is 2.12. The van der Waals surface area contributed by atoms with Gasteiger partial charge in [-0.05, 0) is 31.5 Å². The second-order valence-corrected chi connectivity index (χ2v) is 5.70. The van der Waals surface area contributed by atoms with Crippen LogP contribution in [0.4, 0.5) is 0 Å². The van der Waals surface area contributed by atoms with Gasteiger partial charge in [-0.3, -0.25) is 4.68 Å². The molecule has 0 saturated heterocycles. The fourth-order valence-electron chi connectivity index (χ4n) is 2.22. The van der Waals surface area contributed by atoms with Crippen molar-refractivity contribution >= 4 is 23.4 Å². The molecule has 2 aromatic heterocycles. The molecular weight excluding hydrogens is 260 g/mol. The second kappa shape index (κ2) is 5.88. The average Bonchev–Trinajstić information content (AvgIpc) is 2.78. The summed E-state index contributed by atoms with van der Waals surface area (Å²) >= 11 is 5.37. The van der Waals surface area contributed by atoms with Crippen LogP contribution in [0.1, 0.15) is 26.0 Å². The van der Waals surface area contributed by atoms with Gasteiger partial charge in [-0.25, -0.2) is 0 Å². The van der Waals surface area contributed by atoms with Gasteiger partial charge in [0.2, 0.25) is 0 Å². The van der Waals surface area contributed by atoms with Crippen molar-refractivity contribution in [1.29, 1.82) is 0 Å². The number of hydrogen-bond acceptors (Lipinski definition) is 3. The third kappa shape index (κ3) is 3.06. The molecule has 0 bridgehead atoms. The molecule has 2 aromatic rings. The van der Waals surface area contributed by atoms with Crippen molar-refractivity contribution in [3.8, 4) is 0 Å². The first-order valence-corrected chi connectivity index (χ1v) is 7.11. The van der Waals surface area contributed by atoms with Crippen LogP contribution in [-0.2, 0) is 18.3 Å². The van der Waals surface area contributed by atoms with Crippen LogP contribution >= 0.6 is 12.2 Å². The topological polar surface area (TPSA) is 47.8 Å². The third-order valence-electron chi connectivity index (χ3n) is 3.05. The number of nitrogens with one attached hydrogen (secondary N) is 1. The minimum atomic E-state index is 0.584. The SMILES string of the molecule is Cc1nn(C)c2c1[nH]c(=S)n2CCCOCC(C)C. The van der Waals surface area contributed by atoms with Crippen molar-refractivity contribution < 1.29 is 4.74 Å². The maximum absolute atomic E-state index is 5.60. The molecule has 0 saturated carbocycles. The summed E-state index contributed by atoms with van der Waals surface area (Å²) in [6, 6.07) is 0. The van der Waals surface area contributed by atoms with Gasteiger partial charge in [0.05, 0.1) is 5.69 Å². The average molecular weight is 282 g/mol. The monoisotopic (exact) mass is 282 g/mol. The minimum Gasteiger partial charge on any atom is -0.381 e. The molecule has 5 nitrogen and oxygen atoms in total. The van der Waals surface area contributed by atoms with Gasteiger partial charge in [0.25, 0.3) is 0 Å². The molecule has 0 radical (unpaired) electrons. The normalized spacial score (nSPS) is 11.8. The maximum atomic E-state index is 5.60. The Bertz CT molecular complexity index is 608. The van der Waals surface area contributed by atoms with Gasteiger partial charge in [0.1, 0.15) is 5.52 Å². The van der Waals surface area contributed by atoms with Crippen LogP contribution in [0.3, 0.4) is 0 Å². The first-order chi connectivity index (χ1) is 9.00. The number of fused-ring (bicyclic) bond motifs is 1. The molecule has 0 aliphatic rings. The zero-order valence-corrected chi connectivity index (χ0v) is 12.9. The number of aromatic nitrogens is 4. The molecule has 0 aliphatic carbocycles. The van der Waals surface area contributed by atoms with Crippen LogP contribution in [0.25, 0.3) is 11.2 Å².